The molecule has 3 heterocycles. The van der Waals surface area contributed by atoms with Gasteiger partial charge in [-0.05, 0) is 61.1 Å². The number of amides is 2. The van der Waals surface area contributed by atoms with Gasteiger partial charge >= 0.3 is 6.18 Å². The number of aromatic nitrogens is 2. The highest BCUT2D eigenvalue weighted by Gasteiger charge is 2.57. The molecule has 1 aliphatic heterocycles. The fourth-order valence-electron chi connectivity index (χ4n) is 5.70. The van der Waals surface area contributed by atoms with Crippen molar-refractivity contribution in [3.05, 3.63) is 34.1 Å². The Kier molecular flexibility index (Phi) is 4.35. The fourth-order valence-corrected chi connectivity index (χ4v) is 5.95. The predicted octanol–water partition coefficient (Wildman–Crippen LogP) is 3.97. The van der Waals surface area contributed by atoms with Crippen LogP contribution in [-0.2, 0) is 11.0 Å². The summed E-state index contributed by atoms with van der Waals surface area (Å²) in [5.74, 6) is 0.546. The van der Waals surface area contributed by atoms with E-state index in [0.717, 1.165) is 31.7 Å². The van der Waals surface area contributed by atoms with Gasteiger partial charge in [-0.25, -0.2) is 4.52 Å². The minimum Gasteiger partial charge on any atom is -0.336 e. The van der Waals surface area contributed by atoms with Crippen molar-refractivity contribution in [1.82, 2.24) is 19.4 Å². The number of hydrogen-bond donors (Lipinski definition) is 0. The van der Waals surface area contributed by atoms with Crippen molar-refractivity contribution in [1.29, 1.82) is 0 Å². The molecule has 0 N–H and O–H groups in total. The third-order valence-corrected chi connectivity index (χ3v) is 7.88. The molecule has 0 aromatic carbocycles. The number of carbonyl (C=O) groups excluding carboxylic acids is 2. The van der Waals surface area contributed by atoms with Crippen LogP contribution in [0.3, 0.4) is 0 Å². The molecule has 2 unspecified atom stereocenters. The molecule has 3 aliphatic carbocycles. The van der Waals surface area contributed by atoms with Crippen LogP contribution in [0.25, 0.3) is 5.52 Å². The summed E-state index contributed by atoms with van der Waals surface area (Å²) >= 11 is 6.39. The van der Waals surface area contributed by atoms with Crippen LogP contribution >= 0.6 is 11.6 Å². The first kappa shape index (κ1) is 20.3. The van der Waals surface area contributed by atoms with Crippen molar-refractivity contribution < 1.29 is 22.8 Å². The van der Waals surface area contributed by atoms with Gasteiger partial charge in [-0.2, -0.15) is 18.3 Å². The van der Waals surface area contributed by atoms with Crippen molar-refractivity contribution in [2.24, 2.45) is 11.8 Å². The van der Waals surface area contributed by atoms with Gasteiger partial charge in [0.05, 0.1) is 10.5 Å². The average Bonchev–Trinajstić information content (AvgIpc) is 3.64. The van der Waals surface area contributed by atoms with Crippen molar-refractivity contribution in [3.8, 4) is 0 Å². The Morgan fingerprint density at radius 3 is 2.44 bits per heavy atom. The highest BCUT2D eigenvalue weighted by Crippen LogP contribution is 2.55. The van der Waals surface area contributed by atoms with Gasteiger partial charge in [-0.15, -0.1) is 0 Å². The maximum Gasteiger partial charge on any atom is 0.433 e. The van der Waals surface area contributed by atoms with Crippen molar-refractivity contribution in [2.45, 2.75) is 50.2 Å². The maximum atomic E-state index is 13.7. The Morgan fingerprint density at radius 2 is 1.81 bits per heavy atom. The molecule has 6 rings (SSSR count). The van der Waals surface area contributed by atoms with Gasteiger partial charge in [0.2, 0.25) is 5.91 Å². The van der Waals surface area contributed by atoms with Gasteiger partial charge < -0.3 is 9.80 Å². The van der Waals surface area contributed by atoms with Crippen LogP contribution in [0, 0.1) is 11.8 Å². The van der Waals surface area contributed by atoms with Crippen LogP contribution in [0.1, 0.15) is 59.8 Å². The number of alkyl halides is 3. The molecule has 170 valence electrons. The summed E-state index contributed by atoms with van der Waals surface area (Å²) in [7, 11) is 0. The Morgan fingerprint density at radius 1 is 1.09 bits per heavy atom. The van der Waals surface area contributed by atoms with Gasteiger partial charge in [-0.3, -0.25) is 9.59 Å². The molecular formula is C22H22ClF3N4O2. The summed E-state index contributed by atoms with van der Waals surface area (Å²) in [5.41, 5.74) is -0.555. The molecule has 10 heteroatoms. The van der Waals surface area contributed by atoms with Crippen LogP contribution in [-0.4, -0.2) is 56.9 Å². The molecule has 3 saturated carbocycles. The second-order valence-electron chi connectivity index (χ2n) is 9.47. The van der Waals surface area contributed by atoms with Crippen LogP contribution in [0.2, 0.25) is 5.02 Å². The highest BCUT2D eigenvalue weighted by atomic mass is 35.5. The number of fused-ring (bicyclic) bond motifs is 2. The van der Waals surface area contributed by atoms with Crippen molar-refractivity contribution in [3.63, 3.8) is 0 Å². The number of nitrogens with zero attached hydrogens (tertiary/aromatic N) is 4. The third-order valence-electron chi connectivity index (χ3n) is 7.50. The maximum absolute atomic E-state index is 13.7. The normalized spacial score (nSPS) is 27.9. The van der Waals surface area contributed by atoms with E-state index in [1.54, 1.807) is 6.07 Å². The van der Waals surface area contributed by atoms with E-state index in [1.807, 2.05) is 4.90 Å². The van der Waals surface area contributed by atoms with E-state index in [2.05, 4.69) is 5.10 Å². The van der Waals surface area contributed by atoms with Gasteiger partial charge in [-0.1, -0.05) is 18.0 Å². The van der Waals surface area contributed by atoms with E-state index in [9.17, 15) is 22.8 Å². The monoisotopic (exact) mass is 466 g/mol. The van der Waals surface area contributed by atoms with E-state index >= 15 is 0 Å². The summed E-state index contributed by atoms with van der Waals surface area (Å²) < 4.78 is 41.8. The molecule has 2 amide bonds. The molecular weight excluding hydrogens is 445 g/mol. The molecule has 1 saturated heterocycles. The van der Waals surface area contributed by atoms with E-state index < -0.39 is 17.8 Å². The molecule has 4 fully saturated rings. The van der Waals surface area contributed by atoms with E-state index in [1.165, 1.54) is 11.3 Å². The average molecular weight is 467 g/mol. The van der Waals surface area contributed by atoms with Gasteiger partial charge in [0.1, 0.15) is 12.2 Å². The highest BCUT2D eigenvalue weighted by molar-refractivity contribution is 6.36. The predicted molar refractivity (Wildman–Crippen MR) is 109 cm³/mol. The molecule has 0 bridgehead atoms. The lowest BCUT2D eigenvalue weighted by molar-refractivity contribution is -0.142. The molecule has 2 aromatic heterocycles. The Balaban J connectivity index is 1.28. The smallest absolute Gasteiger partial charge is 0.336 e. The molecule has 6 nitrogen and oxygen atoms in total. The third kappa shape index (κ3) is 3.11. The summed E-state index contributed by atoms with van der Waals surface area (Å²) in [5, 5.41) is 3.86. The lowest BCUT2D eigenvalue weighted by Crippen LogP contribution is -2.53. The number of hydrogen-bond acceptors (Lipinski definition) is 3. The molecule has 0 radical (unpaired) electrons. The van der Waals surface area contributed by atoms with Crippen LogP contribution in [0.4, 0.5) is 13.2 Å². The lowest BCUT2D eigenvalue weighted by atomic mass is 10.1. The van der Waals surface area contributed by atoms with E-state index in [-0.39, 0.29) is 34.6 Å². The fraction of sp³-hybridized carbons (Fsp3) is 0.591. The Bertz CT molecular complexity index is 1130. The number of piperazine rings is 1. The first-order valence-corrected chi connectivity index (χ1v) is 11.5. The molecule has 32 heavy (non-hydrogen) atoms. The van der Waals surface area contributed by atoms with Crippen LogP contribution in [0.5, 0.6) is 0 Å². The molecule has 2 atom stereocenters. The molecule has 2 aromatic rings. The number of halogens is 4. The number of pyridine rings is 1. The second-order valence-corrected chi connectivity index (χ2v) is 9.85. The Hall–Kier alpha value is -2.29. The molecule has 0 spiro atoms. The second kappa shape index (κ2) is 6.85. The topological polar surface area (TPSA) is 57.9 Å². The zero-order chi connectivity index (χ0) is 22.4. The standard InChI is InChI=1S/C22H22ClF3N4O2/c23-18-15-8-12(11-4-5-11)9-16(22(24,25)26)30(15)27-19(18)21(32)28-6-7-29(17(31)10-28)20-13-2-1-3-14(13)20/h8-9,11,13-14,20H,1-7,10H2. The zero-order valence-electron chi connectivity index (χ0n) is 17.2. The van der Waals surface area contributed by atoms with E-state index in [4.69, 9.17) is 11.6 Å². The van der Waals surface area contributed by atoms with Gasteiger partial charge in [0.25, 0.3) is 5.91 Å². The van der Waals surface area contributed by atoms with Crippen LogP contribution < -0.4 is 0 Å². The minimum absolute atomic E-state index is 0.0718. The van der Waals surface area contributed by atoms with Gasteiger partial charge in [0.15, 0.2) is 5.69 Å². The summed E-state index contributed by atoms with van der Waals surface area (Å²) in [4.78, 5) is 29.1. The summed E-state index contributed by atoms with van der Waals surface area (Å²) in [6, 6.07) is 2.98. The SMILES string of the molecule is O=C(c1nn2c(C(F)(F)F)cc(C3CC3)cc2c1Cl)N1CCN(C2C3CCCC32)C(=O)C1. The van der Waals surface area contributed by atoms with Crippen LogP contribution in [0.15, 0.2) is 12.1 Å². The summed E-state index contributed by atoms with van der Waals surface area (Å²) in [6.07, 6.45) is 0.558. The lowest BCUT2D eigenvalue weighted by Gasteiger charge is -2.35. The van der Waals surface area contributed by atoms with Crippen molar-refractivity contribution in [2.75, 3.05) is 19.6 Å². The van der Waals surface area contributed by atoms with Gasteiger partial charge in [0, 0.05) is 19.1 Å². The van der Waals surface area contributed by atoms with E-state index in [0.29, 0.717) is 41.0 Å². The zero-order valence-corrected chi connectivity index (χ0v) is 18.0. The number of rotatable bonds is 3. The first-order valence-electron chi connectivity index (χ1n) is 11.1. The summed E-state index contributed by atoms with van der Waals surface area (Å²) in [6.45, 7) is 0.662. The Labute approximate surface area is 187 Å². The quantitative estimate of drug-likeness (QED) is 0.688. The first-order chi connectivity index (χ1) is 15.2. The largest absolute Gasteiger partial charge is 0.433 e. The molecule has 4 aliphatic rings. The number of carbonyl (C=O) groups is 2. The minimum atomic E-state index is -4.64. The van der Waals surface area contributed by atoms with Crippen molar-refractivity contribution >= 4 is 28.9 Å².